The first-order valence-electron chi connectivity index (χ1n) is 47.6. The van der Waals surface area contributed by atoms with Crippen LogP contribution in [0.5, 0.6) is 0 Å². The van der Waals surface area contributed by atoms with Gasteiger partial charge in [0.15, 0.2) is 0 Å². The van der Waals surface area contributed by atoms with E-state index in [2.05, 4.69) is 425 Å². The summed E-state index contributed by atoms with van der Waals surface area (Å²) in [5.41, 5.74) is 18.8. The van der Waals surface area contributed by atoms with Crippen LogP contribution < -0.4 is 0 Å². The number of hydrogen-bond donors (Lipinski definition) is 0. The first-order valence-corrected chi connectivity index (χ1v) is 47.6. The lowest BCUT2D eigenvalue weighted by atomic mass is 9.91. The molecule has 6 nitrogen and oxygen atoms in total. The average molecular weight is 1650 g/mol. The molecule has 0 aliphatic rings. The van der Waals surface area contributed by atoms with Crippen LogP contribution in [-0.2, 0) is 57.8 Å². The van der Waals surface area contributed by atoms with Crippen molar-refractivity contribution in [2.45, 2.75) is 282 Å². The maximum atomic E-state index is 5.14. The molecule has 0 aliphatic carbocycles. The SMILES string of the molecule is CCC.CCC.CCC.CCC.CCC.CCC.CCC.CCC.CCc1c(CC)c2cccnc2c2ccccc12.CCc1c2c(ccc3ccccc32)nc2ccc3ccccc3c12.CCc1c2ccc3ccccc3c2nc2c1ccc1ccccc12.CCc1c2ccccc2nc2c1ccc1ccccc12.CCc1nc(CC)c(CC)c(CC)n1. The molecule has 0 bridgehead atoms. The number of hydrogen-bond acceptors (Lipinski definition) is 6. The van der Waals surface area contributed by atoms with E-state index in [1.807, 2.05) is 12.3 Å². The van der Waals surface area contributed by atoms with Crippen LogP contribution in [0.4, 0.5) is 0 Å². The Balaban J connectivity index is 0.000000227. The van der Waals surface area contributed by atoms with E-state index in [0.717, 1.165) is 102 Å². The van der Waals surface area contributed by atoms with Crippen molar-refractivity contribution in [2.24, 2.45) is 0 Å². The topological polar surface area (TPSA) is 77.3 Å². The van der Waals surface area contributed by atoms with E-state index in [1.165, 1.54) is 198 Å². The summed E-state index contributed by atoms with van der Waals surface area (Å²) in [6.07, 6.45) is 21.1. The van der Waals surface area contributed by atoms with Crippen molar-refractivity contribution in [2.75, 3.05) is 0 Å². The van der Waals surface area contributed by atoms with Crippen molar-refractivity contribution in [1.29, 1.82) is 0 Å². The Morgan fingerprint density at radius 2 is 0.452 bits per heavy atom. The van der Waals surface area contributed by atoms with Crippen LogP contribution in [0.25, 0.3) is 141 Å². The first kappa shape index (κ1) is 102. The molecule has 0 amide bonds. The van der Waals surface area contributed by atoms with Gasteiger partial charge in [0, 0.05) is 83.3 Å². The third kappa shape index (κ3) is 25.8. The van der Waals surface area contributed by atoms with Crippen molar-refractivity contribution in [3.63, 3.8) is 0 Å². The summed E-state index contributed by atoms with van der Waals surface area (Å²) < 4.78 is 0. The largest absolute Gasteiger partial charge is 0.256 e. The highest BCUT2D eigenvalue weighted by molar-refractivity contribution is 6.19. The molecule has 0 aliphatic heterocycles. The fourth-order valence-electron chi connectivity index (χ4n) is 15.7. The van der Waals surface area contributed by atoms with Crippen molar-refractivity contribution in [3.05, 3.63) is 299 Å². The van der Waals surface area contributed by atoms with Crippen molar-refractivity contribution >= 4 is 141 Å². The highest BCUT2D eigenvalue weighted by Crippen LogP contribution is 2.39. The Morgan fingerprint density at radius 3 is 0.815 bits per heavy atom. The normalized spacial score (nSPS) is 10.4. The molecule has 18 rings (SSSR count). The van der Waals surface area contributed by atoms with E-state index in [-0.39, 0.29) is 0 Å². The lowest BCUT2D eigenvalue weighted by Gasteiger charge is -2.14. The highest BCUT2D eigenvalue weighted by Gasteiger charge is 2.18. The molecule has 0 N–H and O–H groups in total. The molecular formula is C118H150N6. The van der Waals surface area contributed by atoms with Crippen LogP contribution in [-0.4, -0.2) is 29.9 Å². The molecule has 0 saturated heterocycles. The van der Waals surface area contributed by atoms with Gasteiger partial charge in [0.2, 0.25) is 0 Å². The Hall–Kier alpha value is -11.1. The van der Waals surface area contributed by atoms with E-state index in [0.29, 0.717) is 0 Å². The number of fused-ring (bicyclic) bond motifs is 19. The Bertz CT molecular complexity index is 5950. The van der Waals surface area contributed by atoms with Gasteiger partial charge in [0.25, 0.3) is 0 Å². The third-order valence-electron chi connectivity index (χ3n) is 20.4. The van der Waals surface area contributed by atoms with Gasteiger partial charge in [-0.1, -0.05) is 443 Å². The number of aryl methyl sites for hydroxylation is 8. The molecule has 0 radical (unpaired) electrons. The molecule has 6 heteroatoms. The van der Waals surface area contributed by atoms with E-state index in [4.69, 9.17) is 15.0 Å². The lowest BCUT2D eigenvalue weighted by Crippen LogP contribution is -2.08. The van der Waals surface area contributed by atoms with Gasteiger partial charge in [-0.15, -0.1) is 0 Å². The number of rotatable bonds is 9. The highest BCUT2D eigenvalue weighted by atomic mass is 14.9. The van der Waals surface area contributed by atoms with Gasteiger partial charge in [-0.3, -0.25) is 4.98 Å². The van der Waals surface area contributed by atoms with Gasteiger partial charge in [-0.05, 0) is 152 Å². The first-order chi connectivity index (χ1) is 60.5. The summed E-state index contributed by atoms with van der Waals surface area (Å²) in [5, 5.41) is 24.3. The van der Waals surface area contributed by atoms with Crippen LogP contribution in [0.1, 0.15) is 275 Å². The molecule has 0 unspecified atom stereocenters. The van der Waals surface area contributed by atoms with E-state index < -0.39 is 0 Å². The van der Waals surface area contributed by atoms with Crippen molar-refractivity contribution < 1.29 is 0 Å². The number of para-hydroxylation sites is 1. The zero-order valence-electron chi connectivity index (χ0n) is 80.9. The maximum Gasteiger partial charge on any atom is 0.128 e. The third-order valence-corrected chi connectivity index (χ3v) is 20.4. The standard InChI is InChI=1S/2C23H17N.C19H15N.C17H17N.C12H20N2.8C3H8/c1-2-17-22-18-9-5-3-7-15(18)11-13-20(22)24-21-14-12-16-8-4-6-10-19(16)23(17)21;1-2-17-20-13-11-15-7-3-5-9-18(15)22(20)24-23-19-10-6-4-8-16(19)12-14-21(17)23;1-2-14-16-9-5-6-10-18(16)20-19-15-8-4-3-7-13(15)11-12-17(14)19;1-3-12-13(4-2)15-10-7-11-18-17(15)16-9-6-5-8-14(12)16;1-5-9-10(6-2)13-12(8-4)14-11(9)7-3;8*1-3-2/h2*3-14H,2H2,1H3;3-12H,2H2,1H3;5-11H,3-4H2,1-2H3;5-8H2,1-4H3;8*3H2,1-2H3. The van der Waals surface area contributed by atoms with Gasteiger partial charge in [-0.2, -0.15) is 0 Å². The molecule has 0 saturated carbocycles. The summed E-state index contributed by atoms with van der Waals surface area (Å²) in [6, 6.07) is 86.1. The Labute approximate surface area is 747 Å². The van der Waals surface area contributed by atoms with E-state index in [1.54, 1.807) is 0 Å². The quantitative estimate of drug-likeness (QED) is 0.106. The minimum atomic E-state index is 0.935. The van der Waals surface area contributed by atoms with Gasteiger partial charge < -0.3 is 0 Å². The monoisotopic (exact) mass is 1650 g/mol. The van der Waals surface area contributed by atoms with Gasteiger partial charge in [-0.25, -0.2) is 24.9 Å². The minimum Gasteiger partial charge on any atom is -0.256 e. The predicted octanol–water partition coefficient (Wildman–Crippen LogP) is 36.2. The maximum absolute atomic E-state index is 5.14. The summed E-state index contributed by atoms with van der Waals surface area (Å²) in [6.45, 7) is 53.8. The van der Waals surface area contributed by atoms with Crippen LogP contribution in [0.2, 0.25) is 0 Å². The van der Waals surface area contributed by atoms with Crippen LogP contribution in [0.15, 0.2) is 249 Å². The van der Waals surface area contributed by atoms with Gasteiger partial charge in [0.1, 0.15) is 5.82 Å². The van der Waals surface area contributed by atoms with Crippen molar-refractivity contribution in [1.82, 2.24) is 29.9 Å². The number of aromatic nitrogens is 6. The summed E-state index contributed by atoms with van der Waals surface area (Å²) in [4.78, 5) is 28.8. The Morgan fingerprint density at radius 1 is 0.169 bits per heavy atom. The summed E-state index contributed by atoms with van der Waals surface area (Å²) >= 11 is 0. The lowest BCUT2D eigenvalue weighted by molar-refractivity contribution is 0.810. The van der Waals surface area contributed by atoms with Gasteiger partial charge in [0.05, 0.1) is 38.6 Å². The second-order valence-electron chi connectivity index (χ2n) is 31.5. The number of benzene rings is 13. The minimum absolute atomic E-state index is 0.935. The van der Waals surface area contributed by atoms with Crippen molar-refractivity contribution in [3.8, 4) is 0 Å². The molecule has 5 aromatic heterocycles. The molecule has 0 atom stereocenters. The summed E-state index contributed by atoms with van der Waals surface area (Å²) in [5.74, 6) is 0.996. The fourth-order valence-corrected chi connectivity index (χ4v) is 15.7. The molecule has 124 heavy (non-hydrogen) atoms. The van der Waals surface area contributed by atoms with Crippen LogP contribution in [0, 0.1) is 0 Å². The van der Waals surface area contributed by atoms with Crippen LogP contribution in [0.3, 0.4) is 0 Å². The summed E-state index contributed by atoms with van der Waals surface area (Å²) in [7, 11) is 0. The van der Waals surface area contributed by atoms with Gasteiger partial charge >= 0.3 is 0 Å². The zero-order chi connectivity index (χ0) is 90.5. The second kappa shape index (κ2) is 55.2. The Kier molecular flexibility index (Phi) is 45.3. The van der Waals surface area contributed by atoms with E-state index >= 15 is 0 Å². The fraction of sp³-hybridized carbons (Fsp3) is 0.356. The van der Waals surface area contributed by atoms with Crippen LogP contribution >= 0.6 is 0 Å². The molecule has 13 aromatic carbocycles. The molecule has 652 valence electrons. The smallest absolute Gasteiger partial charge is 0.128 e. The second-order valence-corrected chi connectivity index (χ2v) is 31.5. The molecule has 0 fully saturated rings. The number of nitrogens with zero attached hydrogens (tertiary/aromatic N) is 6. The zero-order valence-corrected chi connectivity index (χ0v) is 80.9. The molecular weight excluding hydrogens is 1500 g/mol. The average Bonchev–Trinajstić information content (AvgIpc) is 0.768. The van der Waals surface area contributed by atoms with E-state index in [9.17, 15) is 0 Å². The number of pyridine rings is 4. The molecule has 5 heterocycles. The molecule has 18 aromatic rings. The predicted molar refractivity (Wildman–Crippen MR) is 559 cm³/mol. The molecule has 0 spiro atoms.